The number of ether oxygens (including phenoxy) is 1. The van der Waals surface area contributed by atoms with Gasteiger partial charge in [0.15, 0.2) is 0 Å². The summed E-state index contributed by atoms with van der Waals surface area (Å²) in [5.41, 5.74) is 4.23. The van der Waals surface area contributed by atoms with E-state index in [1.807, 2.05) is 12.1 Å². The molecule has 31 heavy (non-hydrogen) atoms. The number of rotatable bonds is 6. The van der Waals surface area contributed by atoms with Crippen molar-refractivity contribution in [2.75, 3.05) is 13.7 Å². The molecule has 0 heterocycles. The van der Waals surface area contributed by atoms with Crippen molar-refractivity contribution >= 4 is 11.9 Å². The Kier molecular flexibility index (Phi) is 4.99. The molecule has 0 aromatic heterocycles. The first kappa shape index (κ1) is 20.1. The van der Waals surface area contributed by atoms with E-state index >= 15 is 0 Å². The fourth-order valence-electron chi connectivity index (χ4n) is 6.81. The van der Waals surface area contributed by atoms with Crippen molar-refractivity contribution < 1.29 is 19.4 Å². The first-order valence-corrected chi connectivity index (χ1v) is 11.2. The average Bonchev–Trinajstić information content (AvgIpc) is 2.76. The van der Waals surface area contributed by atoms with Crippen molar-refractivity contribution in [1.29, 1.82) is 0 Å². The van der Waals surface area contributed by atoms with Crippen LogP contribution < -0.4 is 10.1 Å². The average molecular weight is 420 g/mol. The third kappa shape index (κ3) is 3.71. The fourth-order valence-corrected chi connectivity index (χ4v) is 6.81. The van der Waals surface area contributed by atoms with E-state index < -0.39 is 5.97 Å². The van der Waals surface area contributed by atoms with Gasteiger partial charge in [-0.25, -0.2) is 0 Å². The molecule has 5 nitrogen and oxygen atoms in total. The van der Waals surface area contributed by atoms with Gasteiger partial charge < -0.3 is 15.2 Å². The molecule has 4 aliphatic rings. The zero-order valence-electron chi connectivity index (χ0n) is 17.9. The summed E-state index contributed by atoms with van der Waals surface area (Å²) in [4.78, 5) is 22.8. The molecule has 4 fully saturated rings. The van der Waals surface area contributed by atoms with Crippen molar-refractivity contribution in [2.24, 2.45) is 17.8 Å². The Bertz CT molecular complexity index is 975. The van der Waals surface area contributed by atoms with Gasteiger partial charge in [0, 0.05) is 11.1 Å². The molecule has 6 rings (SSSR count). The third-order valence-electron chi connectivity index (χ3n) is 7.69. The van der Waals surface area contributed by atoms with Gasteiger partial charge in [-0.05, 0) is 97.1 Å². The summed E-state index contributed by atoms with van der Waals surface area (Å²) < 4.78 is 5.82. The SMILES string of the molecule is COc1ccc(-c2ccc(C(=O)NCC(=O)O)cc2)cc1C12CC3CC(CC(C3)C1)C2. The number of amides is 1. The molecule has 0 atom stereocenters. The normalized spacial score (nSPS) is 28.4. The van der Waals surface area contributed by atoms with Gasteiger partial charge in [-0.15, -0.1) is 0 Å². The van der Waals surface area contributed by atoms with E-state index in [9.17, 15) is 9.59 Å². The Balaban J connectivity index is 1.44. The number of hydrogen-bond acceptors (Lipinski definition) is 3. The van der Waals surface area contributed by atoms with E-state index in [0.29, 0.717) is 5.56 Å². The molecule has 4 bridgehead atoms. The molecule has 4 aliphatic carbocycles. The Hall–Kier alpha value is -2.82. The maximum atomic E-state index is 12.1. The lowest BCUT2D eigenvalue weighted by atomic mass is 9.48. The summed E-state index contributed by atoms with van der Waals surface area (Å²) in [7, 11) is 1.77. The van der Waals surface area contributed by atoms with Crippen LogP contribution in [0.3, 0.4) is 0 Å². The highest BCUT2D eigenvalue weighted by molar-refractivity contribution is 5.96. The molecule has 0 aliphatic heterocycles. The largest absolute Gasteiger partial charge is 0.496 e. The predicted octanol–water partition coefficient (Wildman–Crippen LogP) is 4.64. The minimum atomic E-state index is -1.06. The zero-order chi connectivity index (χ0) is 21.6. The van der Waals surface area contributed by atoms with E-state index in [-0.39, 0.29) is 17.9 Å². The van der Waals surface area contributed by atoms with Crippen LogP contribution in [0.5, 0.6) is 5.75 Å². The number of benzene rings is 2. The van der Waals surface area contributed by atoms with Crippen molar-refractivity contribution in [1.82, 2.24) is 5.32 Å². The molecule has 0 saturated heterocycles. The van der Waals surface area contributed by atoms with Gasteiger partial charge >= 0.3 is 5.97 Å². The maximum absolute atomic E-state index is 12.1. The van der Waals surface area contributed by atoms with Gasteiger partial charge in [-0.2, -0.15) is 0 Å². The van der Waals surface area contributed by atoms with Crippen LogP contribution >= 0.6 is 0 Å². The topological polar surface area (TPSA) is 75.6 Å². The van der Waals surface area contributed by atoms with Crippen molar-refractivity contribution in [2.45, 2.75) is 43.9 Å². The van der Waals surface area contributed by atoms with Gasteiger partial charge in [-0.1, -0.05) is 18.2 Å². The molecule has 162 valence electrons. The summed E-state index contributed by atoms with van der Waals surface area (Å²) in [6.45, 7) is -0.381. The highest BCUT2D eigenvalue weighted by Gasteiger charge is 2.52. The van der Waals surface area contributed by atoms with Gasteiger partial charge in [0.1, 0.15) is 12.3 Å². The first-order chi connectivity index (χ1) is 15.0. The number of carbonyl (C=O) groups is 2. The Morgan fingerprint density at radius 3 is 2.10 bits per heavy atom. The van der Waals surface area contributed by atoms with Crippen molar-refractivity contribution in [3.05, 3.63) is 53.6 Å². The fraction of sp³-hybridized carbons (Fsp3) is 0.462. The number of methoxy groups -OCH3 is 1. The van der Waals surface area contributed by atoms with Crippen LogP contribution in [0.2, 0.25) is 0 Å². The first-order valence-electron chi connectivity index (χ1n) is 11.2. The molecule has 2 aromatic rings. The molecule has 2 aromatic carbocycles. The molecular formula is C26H29NO4. The number of carboxylic acids is 1. The number of nitrogens with one attached hydrogen (secondary N) is 1. The zero-order valence-corrected chi connectivity index (χ0v) is 17.9. The second kappa shape index (κ2) is 7.70. The Labute approximate surface area is 182 Å². The molecule has 1 amide bonds. The van der Waals surface area contributed by atoms with E-state index in [1.54, 1.807) is 19.2 Å². The lowest BCUT2D eigenvalue weighted by molar-refractivity contribution is -0.135. The standard InChI is InChI=1S/C26H29NO4/c1-31-23-7-6-21(19-2-4-20(5-3-19)25(30)27-15-24(28)29)11-22(23)26-12-16-8-17(13-26)10-18(9-16)14-26/h2-7,11,16-18H,8-10,12-15H2,1H3,(H,27,30)(H,28,29). The van der Waals surface area contributed by atoms with Crippen molar-refractivity contribution in [3.63, 3.8) is 0 Å². The highest BCUT2D eigenvalue weighted by atomic mass is 16.5. The highest BCUT2D eigenvalue weighted by Crippen LogP contribution is 2.62. The monoisotopic (exact) mass is 419 g/mol. The smallest absolute Gasteiger partial charge is 0.322 e. The van der Waals surface area contributed by atoms with Gasteiger partial charge in [0.05, 0.1) is 7.11 Å². The minimum Gasteiger partial charge on any atom is -0.496 e. The van der Waals surface area contributed by atoms with Gasteiger partial charge in [-0.3, -0.25) is 9.59 Å². The van der Waals surface area contributed by atoms with Crippen LogP contribution in [0.4, 0.5) is 0 Å². The Morgan fingerprint density at radius 1 is 0.968 bits per heavy atom. The number of hydrogen-bond donors (Lipinski definition) is 2. The molecule has 0 spiro atoms. The van der Waals surface area contributed by atoms with E-state index in [0.717, 1.165) is 34.6 Å². The summed E-state index contributed by atoms with van der Waals surface area (Å²) in [5.74, 6) is 2.16. The number of carboxylic acid groups (broad SMARTS) is 1. The summed E-state index contributed by atoms with van der Waals surface area (Å²) in [6, 6.07) is 13.9. The van der Waals surface area contributed by atoms with Crippen LogP contribution in [-0.4, -0.2) is 30.6 Å². The quantitative estimate of drug-likeness (QED) is 0.715. The van der Waals surface area contributed by atoms with Crippen LogP contribution in [-0.2, 0) is 10.2 Å². The second-order valence-electron chi connectivity index (χ2n) is 9.77. The second-order valence-corrected chi connectivity index (χ2v) is 9.77. The van der Waals surface area contributed by atoms with E-state index in [2.05, 4.69) is 23.5 Å². The molecular weight excluding hydrogens is 390 g/mol. The molecule has 0 unspecified atom stereocenters. The summed E-state index contributed by atoms with van der Waals surface area (Å²) in [6.07, 6.45) is 8.07. The van der Waals surface area contributed by atoms with Crippen LogP contribution in [0, 0.1) is 17.8 Å². The van der Waals surface area contributed by atoms with Crippen molar-refractivity contribution in [3.8, 4) is 16.9 Å². The maximum Gasteiger partial charge on any atom is 0.322 e. The Morgan fingerprint density at radius 2 is 1.55 bits per heavy atom. The lowest BCUT2D eigenvalue weighted by Gasteiger charge is -2.57. The molecule has 0 radical (unpaired) electrons. The summed E-state index contributed by atoms with van der Waals surface area (Å²) >= 11 is 0. The molecule has 5 heteroatoms. The molecule has 4 saturated carbocycles. The minimum absolute atomic E-state index is 0.243. The number of carbonyl (C=O) groups excluding carboxylic acids is 1. The van der Waals surface area contributed by atoms with E-state index in [4.69, 9.17) is 9.84 Å². The molecule has 2 N–H and O–H groups in total. The third-order valence-corrected chi connectivity index (χ3v) is 7.69. The van der Waals surface area contributed by atoms with Gasteiger partial charge in [0.2, 0.25) is 0 Å². The number of aliphatic carboxylic acids is 1. The van der Waals surface area contributed by atoms with E-state index in [1.165, 1.54) is 44.1 Å². The van der Waals surface area contributed by atoms with Crippen LogP contribution in [0.1, 0.15) is 54.4 Å². The van der Waals surface area contributed by atoms with Crippen LogP contribution in [0.25, 0.3) is 11.1 Å². The predicted molar refractivity (Wildman–Crippen MR) is 118 cm³/mol. The summed E-state index contributed by atoms with van der Waals surface area (Å²) in [5, 5.41) is 11.1. The lowest BCUT2D eigenvalue weighted by Crippen LogP contribution is -2.48. The van der Waals surface area contributed by atoms with Gasteiger partial charge in [0.25, 0.3) is 5.91 Å². The van der Waals surface area contributed by atoms with Crippen LogP contribution in [0.15, 0.2) is 42.5 Å².